The summed E-state index contributed by atoms with van der Waals surface area (Å²) in [6.07, 6.45) is 6.14. The molecule has 90 valence electrons. The van der Waals surface area contributed by atoms with Gasteiger partial charge in [0, 0.05) is 22.8 Å². The summed E-state index contributed by atoms with van der Waals surface area (Å²) < 4.78 is 2.87. The van der Waals surface area contributed by atoms with Crippen molar-refractivity contribution in [1.82, 2.24) is 4.57 Å². The Morgan fingerprint density at radius 3 is 2.56 bits per heavy atom. The van der Waals surface area contributed by atoms with Crippen LogP contribution in [0.2, 0.25) is 0 Å². The number of rotatable bonds is 6. The van der Waals surface area contributed by atoms with Crippen LogP contribution in [0.15, 0.2) is 21.4 Å². The number of hydrogen-bond donors (Lipinski definition) is 0. The fourth-order valence-electron chi connectivity index (χ4n) is 1.80. The summed E-state index contributed by atoms with van der Waals surface area (Å²) in [6.45, 7) is 5.04. The number of aromatic nitrogens is 1. The van der Waals surface area contributed by atoms with Gasteiger partial charge in [-0.3, -0.25) is 4.79 Å². The Hall–Kier alpha value is -0.570. The molecule has 0 saturated carbocycles. The highest BCUT2D eigenvalue weighted by Crippen LogP contribution is 2.13. The third kappa shape index (κ3) is 3.78. The minimum atomic E-state index is 0.108. The standard InChI is InChI=1S/C13H20BrNO/c1-3-4-5-6-7-10-15-11(2)12(14)8-9-13(15)16/h8-9H,3-7,10H2,1-2H3. The molecule has 0 aliphatic rings. The van der Waals surface area contributed by atoms with Gasteiger partial charge in [-0.25, -0.2) is 0 Å². The van der Waals surface area contributed by atoms with E-state index in [-0.39, 0.29) is 5.56 Å². The molecule has 0 spiro atoms. The van der Waals surface area contributed by atoms with E-state index in [0.29, 0.717) is 0 Å². The quantitative estimate of drug-likeness (QED) is 0.727. The summed E-state index contributed by atoms with van der Waals surface area (Å²) in [7, 11) is 0. The fraction of sp³-hybridized carbons (Fsp3) is 0.615. The van der Waals surface area contributed by atoms with E-state index in [0.717, 1.165) is 23.1 Å². The van der Waals surface area contributed by atoms with Crippen LogP contribution in [0.3, 0.4) is 0 Å². The molecule has 2 nitrogen and oxygen atoms in total. The van der Waals surface area contributed by atoms with Crippen LogP contribution in [0.4, 0.5) is 0 Å². The zero-order chi connectivity index (χ0) is 12.0. The summed E-state index contributed by atoms with van der Waals surface area (Å²) in [5.74, 6) is 0. The van der Waals surface area contributed by atoms with Gasteiger partial charge in [-0.15, -0.1) is 0 Å². The second kappa shape index (κ2) is 6.89. The van der Waals surface area contributed by atoms with Gasteiger partial charge in [0.1, 0.15) is 0 Å². The fourth-order valence-corrected chi connectivity index (χ4v) is 2.15. The van der Waals surface area contributed by atoms with E-state index in [1.165, 1.54) is 25.7 Å². The van der Waals surface area contributed by atoms with E-state index < -0.39 is 0 Å². The molecule has 3 heteroatoms. The molecule has 0 aliphatic heterocycles. The van der Waals surface area contributed by atoms with Crippen LogP contribution in [0.1, 0.15) is 44.7 Å². The first kappa shape index (κ1) is 13.5. The van der Waals surface area contributed by atoms with E-state index in [1.807, 2.05) is 17.6 Å². The Morgan fingerprint density at radius 1 is 1.19 bits per heavy atom. The molecule has 0 N–H and O–H groups in total. The number of hydrogen-bond acceptors (Lipinski definition) is 1. The van der Waals surface area contributed by atoms with Gasteiger partial charge in [-0.2, -0.15) is 0 Å². The van der Waals surface area contributed by atoms with Crippen molar-refractivity contribution in [3.63, 3.8) is 0 Å². The number of halogens is 1. The van der Waals surface area contributed by atoms with Crippen LogP contribution in [-0.4, -0.2) is 4.57 Å². The first-order valence-corrected chi connectivity index (χ1v) is 6.82. The van der Waals surface area contributed by atoms with Crippen LogP contribution in [0, 0.1) is 6.92 Å². The Balaban J connectivity index is 2.53. The smallest absolute Gasteiger partial charge is 0.250 e. The van der Waals surface area contributed by atoms with Gasteiger partial charge in [-0.05, 0) is 35.3 Å². The lowest BCUT2D eigenvalue weighted by atomic mass is 10.1. The van der Waals surface area contributed by atoms with Crippen molar-refractivity contribution in [1.29, 1.82) is 0 Å². The third-order valence-electron chi connectivity index (χ3n) is 2.87. The summed E-state index contributed by atoms with van der Waals surface area (Å²) in [4.78, 5) is 11.7. The lowest BCUT2D eigenvalue weighted by Crippen LogP contribution is -2.21. The van der Waals surface area contributed by atoms with Crippen LogP contribution >= 0.6 is 15.9 Å². The molecular formula is C13H20BrNO. The SMILES string of the molecule is CCCCCCCn1c(C)c(Br)ccc1=O. The molecule has 16 heavy (non-hydrogen) atoms. The molecule has 0 aromatic carbocycles. The third-order valence-corrected chi connectivity index (χ3v) is 3.71. The van der Waals surface area contributed by atoms with Crippen molar-refractivity contribution >= 4 is 15.9 Å². The van der Waals surface area contributed by atoms with Crippen LogP contribution < -0.4 is 5.56 Å². The molecule has 0 bridgehead atoms. The Morgan fingerprint density at radius 2 is 1.88 bits per heavy atom. The Labute approximate surface area is 106 Å². The number of unbranched alkanes of at least 4 members (excludes halogenated alkanes) is 4. The zero-order valence-electron chi connectivity index (χ0n) is 10.1. The molecule has 1 rings (SSSR count). The number of pyridine rings is 1. The molecule has 0 aliphatic carbocycles. The van der Waals surface area contributed by atoms with Crippen molar-refractivity contribution < 1.29 is 0 Å². The highest BCUT2D eigenvalue weighted by atomic mass is 79.9. The Kier molecular flexibility index (Phi) is 5.81. The first-order valence-electron chi connectivity index (χ1n) is 6.02. The average molecular weight is 286 g/mol. The van der Waals surface area contributed by atoms with Gasteiger partial charge in [0.25, 0.3) is 5.56 Å². The van der Waals surface area contributed by atoms with E-state index in [2.05, 4.69) is 22.9 Å². The minimum absolute atomic E-state index is 0.108. The van der Waals surface area contributed by atoms with E-state index >= 15 is 0 Å². The Bertz CT molecular complexity index is 384. The van der Waals surface area contributed by atoms with Gasteiger partial charge in [0.05, 0.1) is 0 Å². The highest BCUT2D eigenvalue weighted by Gasteiger charge is 2.03. The van der Waals surface area contributed by atoms with E-state index in [4.69, 9.17) is 0 Å². The topological polar surface area (TPSA) is 22.0 Å². The predicted octanol–water partition coefficient (Wildman–Crippen LogP) is 3.89. The van der Waals surface area contributed by atoms with Crippen LogP contribution in [-0.2, 0) is 6.54 Å². The zero-order valence-corrected chi connectivity index (χ0v) is 11.7. The van der Waals surface area contributed by atoms with Gasteiger partial charge >= 0.3 is 0 Å². The summed E-state index contributed by atoms with van der Waals surface area (Å²) >= 11 is 3.45. The highest BCUT2D eigenvalue weighted by molar-refractivity contribution is 9.10. The largest absolute Gasteiger partial charge is 0.312 e. The van der Waals surface area contributed by atoms with Crippen LogP contribution in [0.5, 0.6) is 0 Å². The molecule has 1 heterocycles. The van der Waals surface area contributed by atoms with Crippen molar-refractivity contribution in [3.05, 3.63) is 32.7 Å². The molecule has 0 radical (unpaired) electrons. The lowest BCUT2D eigenvalue weighted by molar-refractivity contribution is 0.549. The maximum atomic E-state index is 11.7. The molecule has 0 atom stereocenters. The monoisotopic (exact) mass is 285 g/mol. The molecular weight excluding hydrogens is 266 g/mol. The van der Waals surface area contributed by atoms with Gasteiger partial charge in [0.15, 0.2) is 0 Å². The molecule has 0 fully saturated rings. The van der Waals surface area contributed by atoms with Gasteiger partial charge in [-0.1, -0.05) is 32.6 Å². The summed E-state index contributed by atoms with van der Waals surface area (Å²) in [5.41, 5.74) is 1.14. The molecule has 0 unspecified atom stereocenters. The second-order valence-electron chi connectivity index (χ2n) is 4.17. The predicted molar refractivity (Wildman–Crippen MR) is 71.9 cm³/mol. The summed E-state index contributed by atoms with van der Waals surface area (Å²) in [6, 6.07) is 3.45. The lowest BCUT2D eigenvalue weighted by Gasteiger charge is -2.10. The van der Waals surface area contributed by atoms with E-state index in [9.17, 15) is 4.79 Å². The maximum Gasteiger partial charge on any atom is 0.250 e. The van der Waals surface area contributed by atoms with Crippen LogP contribution in [0.25, 0.3) is 0 Å². The summed E-state index contributed by atoms with van der Waals surface area (Å²) in [5, 5.41) is 0. The molecule has 0 saturated heterocycles. The minimum Gasteiger partial charge on any atom is -0.312 e. The van der Waals surface area contributed by atoms with Gasteiger partial charge < -0.3 is 4.57 Å². The number of nitrogens with zero attached hydrogens (tertiary/aromatic N) is 1. The van der Waals surface area contributed by atoms with Crippen molar-refractivity contribution in [2.24, 2.45) is 0 Å². The second-order valence-corrected chi connectivity index (χ2v) is 5.03. The van der Waals surface area contributed by atoms with Crippen molar-refractivity contribution in [2.75, 3.05) is 0 Å². The maximum absolute atomic E-state index is 11.7. The van der Waals surface area contributed by atoms with E-state index in [1.54, 1.807) is 6.07 Å². The van der Waals surface area contributed by atoms with Crippen molar-refractivity contribution in [2.45, 2.75) is 52.5 Å². The molecule has 1 aromatic heterocycles. The first-order chi connectivity index (χ1) is 7.66. The normalized spacial score (nSPS) is 10.7. The van der Waals surface area contributed by atoms with Gasteiger partial charge in [0.2, 0.25) is 0 Å². The molecule has 0 amide bonds. The van der Waals surface area contributed by atoms with Crippen molar-refractivity contribution in [3.8, 4) is 0 Å². The average Bonchev–Trinajstić information content (AvgIpc) is 2.28. The molecule has 1 aromatic rings.